The number of imide groups is 1. The summed E-state index contributed by atoms with van der Waals surface area (Å²) in [4.78, 5) is 25.2. The molecule has 1 unspecified atom stereocenters. The van der Waals surface area contributed by atoms with Gasteiger partial charge < -0.3 is 15.0 Å². The fraction of sp³-hybridized carbons (Fsp3) is 0.440. The number of hydrogen-bond donors (Lipinski definition) is 2. The Balaban J connectivity index is 1.22. The highest BCUT2D eigenvalue weighted by molar-refractivity contribution is 6.04. The van der Waals surface area contributed by atoms with E-state index < -0.39 is 0 Å². The number of benzene rings is 2. The molecule has 4 rings (SSSR count). The third kappa shape index (κ3) is 5.93. The first kappa shape index (κ1) is 21.5. The Labute approximate surface area is 184 Å². The van der Waals surface area contributed by atoms with E-state index in [4.69, 9.17) is 4.74 Å². The van der Waals surface area contributed by atoms with Crippen LogP contribution >= 0.6 is 0 Å². The summed E-state index contributed by atoms with van der Waals surface area (Å²) in [5, 5.41) is 4.95. The average molecular weight is 422 g/mol. The van der Waals surface area contributed by atoms with Crippen LogP contribution in [-0.4, -0.2) is 48.6 Å². The lowest BCUT2D eigenvalue weighted by Crippen LogP contribution is -2.38. The molecule has 0 aromatic heterocycles. The van der Waals surface area contributed by atoms with E-state index in [0.717, 1.165) is 45.3 Å². The number of nitrogens with one attached hydrogen (secondary N) is 2. The largest absolute Gasteiger partial charge is 0.365 e. The number of likely N-dealkylation sites (tertiary alicyclic amines) is 1. The second-order valence-corrected chi connectivity index (χ2v) is 8.39. The van der Waals surface area contributed by atoms with E-state index in [-0.39, 0.29) is 30.2 Å². The van der Waals surface area contributed by atoms with Crippen molar-refractivity contribution < 1.29 is 14.3 Å². The van der Waals surface area contributed by atoms with Crippen LogP contribution < -0.4 is 10.6 Å². The maximum atomic E-state index is 11.6. The predicted molar refractivity (Wildman–Crippen MR) is 120 cm³/mol. The van der Waals surface area contributed by atoms with Crippen LogP contribution in [0, 0.1) is 0 Å². The van der Waals surface area contributed by atoms with Gasteiger partial charge in [0.15, 0.2) is 0 Å². The molecular formula is C25H31N3O3. The van der Waals surface area contributed by atoms with Gasteiger partial charge >= 0.3 is 6.03 Å². The summed E-state index contributed by atoms with van der Waals surface area (Å²) in [6.07, 6.45) is 4.92. The quantitative estimate of drug-likeness (QED) is 0.479. The molecule has 0 radical (unpaired) electrons. The van der Waals surface area contributed by atoms with E-state index in [2.05, 4.69) is 64.1 Å². The number of amides is 3. The Morgan fingerprint density at radius 3 is 2.06 bits per heavy atom. The summed E-state index contributed by atoms with van der Waals surface area (Å²) in [6.45, 7) is 3.08. The lowest BCUT2D eigenvalue weighted by Gasteiger charge is -2.34. The molecule has 3 amide bonds. The van der Waals surface area contributed by atoms with Gasteiger partial charge in [-0.05, 0) is 49.8 Å². The van der Waals surface area contributed by atoms with Gasteiger partial charge in [0.05, 0.1) is 6.10 Å². The van der Waals surface area contributed by atoms with Crippen molar-refractivity contribution >= 4 is 11.9 Å². The third-order valence-corrected chi connectivity index (χ3v) is 6.14. The third-order valence-electron chi connectivity index (χ3n) is 6.14. The summed E-state index contributed by atoms with van der Waals surface area (Å²) < 4.78 is 6.62. The van der Waals surface area contributed by atoms with Gasteiger partial charge in [-0.1, -0.05) is 60.7 Å². The molecule has 6 heteroatoms. The smallest absolute Gasteiger partial charge is 0.322 e. The summed E-state index contributed by atoms with van der Waals surface area (Å²) in [7, 11) is 0. The molecule has 2 aliphatic heterocycles. The number of unbranched alkanes of at least 4 members (excludes halogenated alkanes) is 1. The molecule has 1 atom stereocenters. The Morgan fingerprint density at radius 1 is 0.903 bits per heavy atom. The van der Waals surface area contributed by atoms with Crippen LogP contribution in [0.4, 0.5) is 4.79 Å². The molecule has 2 heterocycles. The second-order valence-electron chi connectivity index (χ2n) is 8.39. The summed E-state index contributed by atoms with van der Waals surface area (Å²) in [5.74, 6) is -0.200. The Kier molecular flexibility index (Phi) is 7.33. The molecule has 2 saturated heterocycles. The molecule has 0 aliphatic carbocycles. The van der Waals surface area contributed by atoms with Crippen molar-refractivity contribution in [1.29, 1.82) is 0 Å². The highest BCUT2D eigenvalue weighted by Gasteiger charge is 2.29. The van der Waals surface area contributed by atoms with E-state index in [1.54, 1.807) is 0 Å². The molecule has 0 bridgehead atoms. The number of piperidine rings is 1. The average Bonchev–Trinajstić information content (AvgIpc) is 3.14. The fourth-order valence-corrected chi connectivity index (χ4v) is 4.41. The molecule has 31 heavy (non-hydrogen) atoms. The van der Waals surface area contributed by atoms with Gasteiger partial charge in [0.25, 0.3) is 5.91 Å². The molecule has 0 spiro atoms. The zero-order valence-electron chi connectivity index (χ0n) is 17.8. The van der Waals surface area contributed by atoms with Crippen LogP contribution in [0.25, 0.3) is 0 Å². The van der Waals surface area contributed by atoms with Crippen LogP contribution in [0.2, 0.25) is 0 Å². The van der Waals surface area contributed by atoms with Crippen molar-refractivity contribution in [2.75, 3.05) is 19.6 Å². The molecular weight excluding hydrogens is 390 g/mol. The maximum Gasteiger partial charge on any atom is 0.322 e. The highest BCUT2D eigenvalue weighted by atomic mass is 16.5. The van der Waals surface area contributed by atoms with Gasteiger partial charge in [-0.25, -0.2) is 4.79 Å². The van der Waals surface area contributed by atoms with E-state index in [1.807, 2.05) is 12.1 Å². The minimum atomic E-state index is -0.374. The molecule has 6 nitrogen and oxygen atoms in total. The number of urea groups is 1. The number of hydrogen-bond acceptors (Lipinski definition) is 4. The summed E-state index contributed by atoms with van der Waals surface area (Å²) in [6, 6.07) is 20.2. The summed E-state index contributed by atoms with van der Waals surface area (Å²) >= 11 is 0. The Morgan fingerprint density at radius 2 is 1.52 bits per heavy atom. The monoisotopic (exact) mass is 421 g/mol. The van der Waals surface area contributed by atoms with Crippen LogP contribution in [0.3, 0.4) is 0 Å². The highest BCUT2D eigenvalue weighted by Crippen LogP contribution is 2.30. The Hall–Kier alpha value is -2.70. The van der Waals surface area contributed by atoms with Crippen LogP contribution in [-0.2, 0) is 9.53 Å². The number of carbonyl (C=O) groups is 2. The van der Waals surface area contributed by atoms with Gasteiger partial charge in [0.2, 0.25) is 0 Å². The number of rotatable bonds is 9. The molecule has 2 aromatic carbocycles. The Bertz CT molecular complexity index is 811. The van der Waals surface area contributed by atoms with Crippen LogP contribution in [0.1, 0.15) is 49.3 Å². The molecule has 164 valence electrons. The van der Waals surface area contributed by atoms with Gasteiger partial charge in [-0.15, -0.1) is 0 Å². The fourth-order valence-electron chi connectivity index (χ4n) is 4.41. The molecule has 2 N–H and O–H groups in total. The minimum Gasteiger partial charge on any atom is -0.365 e. The van der Waals surface area contributed by atoms with Gasteiger partial charge in [-0.2, -0.15) is 0 Å². The van der Waals surface area contributed by atoms with Crippen molar-refractivity contribution in [3.63, 3.8) is 0 Å². The molecule has 2 fully saturated rings. The van der Waals surface area contributed by atoms with Gasteiger partial charge in [0.1, 0.15) is 12.1 Å². The van der Waals surface area contributed by atoms with E-state index in [9.17, 15) is 9.59 Å². The zero-order valence-corrected chi connectivity index (χ0v) is 17.8. The topological polar surface area (TPSA) is 70.7 Å². The SMILES string of the molecule is O=C1NC(=O)C(CCCCN2CCC(OC(c3ccccc3)c3ccccc3)CC2)N1. The second kappa shape index (κ2) is 10.6. The van der Waals surface area contributed by atoms with Crippen LogP contribution in [0.15, 0.2) is 60.7 Å². The number of carbonyl (C=O) groups excluding carboxylic acids is 2. The molecule has 2 aromatic rings. The first-order chi connectivity index (χ1) is 15.2. The maximum absolute atomic E-state index is 11.6. The number of nitrogens with zero attached hydrogens (tertiary/aromatic N) is 1. The molecule has 0 saturated carbocycles. The van der Waals surface area contributed by atoms with Crippen molar-refractivity contribution in [2.45, 2.75) is 50.4 Å². The van der Waals surface area contributed by atoms with E-state index in [0.29, 0.717) is 6.42 Å². The van der Waals surface area contributed by atoms with Crippen molar-refractivity contribution in [3.8, 4) is 0 Å². The van der Waals surface area contributed by atoms with Crippen molar-refractivity contribution in [1.82, 2.24) is 15.5 Å². The van der Waals surface area contributed by atoms with Crippen molar-refractivity contribution in [2.24, 2.45) is 0 Å². The van der Waals surface area contributed by atoms with E-state index in [1.165, 1.54) is 11.1 Å². The van der Waals surface area contributed by atoms with Gasteiger partial charge in [-0.3, -0.25) is 10.1 Å². The predicted octanol–water partition coefficient (Wildman–Crippen LogP) is 3.64. The van der Waals surface area contributed by atoms with Crippen LogP contribution in [0.5, 0.6) is 0 Å². The lowest BCUT2D eigenvalue weighted by atomic mass is 10.00. The van der Waals surface area contributed by atoms with Gasteiger partial charge in [0, 0.05) is 13.1 Å². The normalized spacial score (nSPS) is 20.1. The lowest BCUT2D eigenvalue weighted by molar-refractivity contribution is -0.120. The molecule has 2 aliphatic rings. The van der Waals surface area contributed by atoms with Crippen molar-refractivity contribution in [3.05, 3.63) is 71.8 Å². The zero-order chi connectivity index (χ0) is 21.5. The summed E-state index contributed by atoms with van der Waals surface area (Å²) in [5.41, 5.74) is 2.39. The van der Waals surface area contributed by atoms with E-state index >= 15 is 0 Å². The number of ether oxygens (including phenoxy) is 1. The minimum absolute atomic E-state index is 0.0354. The first-order valence-electron chi connectivity index (χ1n) is 11.3. The first-order valence-corrected chi connectivity index (χ1v) is 11.3. The standard InChI is InChI=1S/C25H31N3O3/c29-24-22(26-25(30)27-24)13-7-8-16-28-17-14-21(15-18-28)31-23(19-9-3-1-4-10-19)20-11-5-2-6-12-20/h1-6,9-12,21-23H,7-8,13-18H2,(H2,26,27,29,30).